The molecule has 1 aromatic rings. The van der Waals surface area contributed by atoms with Crippen molar-refractivity contribution in [3.63, 3.8) is 0 Å². The lowest BCUT2D eigenvalue weighted by Gasteiger charge is -2.21. The fraction of sp³-hybridized carbons (Fsp3) is 0.625. The minimum atomic E-state index is -0.473. The van der Waals surface area contributed by atoms with E-state index in [9.17, 15) is 5.11 Å². The van der Waals surface area contributed by atoms with E-state index in [1.807, 2.05) is 0 Å². The molecule has 0 bridgehead atoms. The summed E-state index contributed by atoms with van der Waals surface area (Å²) in [5.74, 6) is 0.976. The second-order valence-corrected chi connectivity index (χ2v) is 5.53. The SMILES string of the molecule is COCC(O)CNC1CCCOc2cc(C)c(C)cc21. The number of aryl methyl sites for hydroxylation is 2. The summed E-state index contributed by atoms with van der Waals surface area (Å²) in [5.41, 5.74) is 3.73. The van der Waals surface area contributed by atoms with Gasteiger partial charge in [0.15, 0.2) is 0 Å². The van der Waals surface area contributed by atoms with Gasteiger partial charge >= 0.3 is 0 Å². The van der Waals surface area contributed by atoms with Crippen molar-refractivity contribution in [3.8, 4) is 5.75 Å². The Morgan fingerprint density at radius 2 is 2.15 bits per heavy atom. The molecule has 2 rings (SSSR count). The second-order valence-electron chi connectivity index (χ2n) is 5.53. The zero-order chi connectivity index (χ0) is 14.5. The first kappa shape index (κ1) is 15.3. The number of hydrogen-bond donors (Lipinski definition) is 2. The molecule has 0 amide bonds. The van der Waals surface area contributed by atoms with Gasteiger partial charge in [0.05, 0.1) is 19.3 Å². The molecule has 4 heteroatoms. The third kappa shape index (κ3) is 3.72. The highest BCUT2D eigenvalue weighted by Crippen LogP contribution is 2.33. The minimum Gasteiger partial charge on any atom is -0.493 e. The van der Waals surface area contributed by atoms with Crippen molar-refractivity contribution in [3.05, 3.63) is 28.8 Å². The molecule has 0 saturated heterocycles. The van der Waals surface area contributed by atoms with Crippen molar-refractivity contribution < 1.29 is 14.6 Å². The maximum absolute atomic E-state index is 9.78. The fourth-order valence-electron chi connectivity index (χ4n) is 2.58. The maximum Gasteiger partial charge on any atom is 0.124 e. The first-order valence-corrected chi connectivity index (χ1v) is 7.26. The maximum atomic E-state index is 9.78. The van der Waals surface area contributed by atoms with Crippen LogP contribution in [0.25, 0.3) is 0 Å². The van der Waals surface area contributed by atoms with E-state index in [-0.39, 0.29) is 6.04 Å². The van der Waals surface area contributed by atoms with Gasteiger partial charge < -0.3 is 19.9 Å². The molecule has 0 spiro atoms. The number of aliphatic hydroxyl groups excluding tert-OH is 1. The van der Waals surface area contributed by atoms with Crippen LogP contribution in [0.15, 0.2) is 12.1 Å². The summed E-state index contributed by atoms with van der Waals surface area (Å²) in [6, 6.07) is 4.56. The third-order valence-corrected chi connectivity index (χ3v) is 3.86. The van der Waals surface area contributed by atoms with Crippen LogP contribution in [-0.4, -0.2) is 38.1 Å². The van der Waals surface area contributed by atoms with E-state index in [0.29, 0.717) is 13.2 Å². The number of rotatable bonds is 5. The van der Waals surface area contributed by atoms with Gasteiger partial charge in [0.25, 0.3) is 0 Å². The number of nitrogens with one attached hydrogen (secondary N) is 1. The van der Waals surface area contributed by atoms with E-state index in [1.54, 1.807) is 7.11 Å². The number of benzene rings is 1. The highest BCUT2D eigenvalue weighted by Gasteiger charge is 2.21. The van der Waals surface area contributed by atoms with Gasteiger partial charge in [0, 0.05) is 25.3 Å². The highest BCUT2D eigenvalue weighted by atomic mass is 16.5. The molecule has 1 aliphatic rings. The van der Waals surface area contributed by atoms with Gasteiger partial charge in [0.2, 0.25) is 0 Å². The topological polar surface area (TPSA) is 50.7 Å². The summed E-state index contributed by atoms with van der Waals surface area (Å²) in [6.07, 6.45) is 1.57. The van der Waals surface area contributed by atoms with E-state index in [4.69, 9.17) is 9.47 Å². The number of ether oxygens (including phenoxy) is 2. The van der Waals surface area contributed by atoms with Crippen LogP contribution in [0.3, 0.4) is 0 Å². The van der Waals surface area contributed by atoms with Crippen LogP contribution < -0.4 is 10.1 Å². The van der Waals surface area contributed by atoms with E-state index >= 15 is 0 Å². The largest absolute Gasteiger partial charge is 0.493 e. The van der Waals surface area contributed by atoms with Crippen molar-refractivity contribution >= 4 is 0 Å². The average molecular weight is 279 g/mol. The lowest BCUT2D eigenvalue weighted by atomic mass is 9.97. The standard InChI is InChI=1S/C16H25NO3/c1-11-7-14-15(17-9-13(18)10-19-3)5-4-6-20-16(14)8-12(11)2/h7-8,13,15,17-18H,4-6,9-10H2,1-3H3. The van der Waals surface area contributed by atoms with Crippen LogP contribution in [-0.2, 0) is 4.74 Å². The molecule has 0 saturated carbocycles. The van der Waals surface area contributed by atoms with Gasteiger partial charge in [-0.2, -0.15) is 0 Å². The Labute approximate surface area is 121 Å². The van der Waals surface area contributed by atoms with Crippen molar-refractivity contribution in [1.82, 2.24) is 5.32 Å². The first-order valence-electron chi connectivity index (χ1n) is 7.26. The molecule has 0 fully saturated rings. The molecule has 1 heterocycles. The first-order chi connectivity index (χ1) is 9.61. The molecule has 0 aliphatic carbocycles. The van der Waals surface area contributed by atoms with Crippen LogP contribution >= 0.6 is 0 Å². The quantitative estimate of drug-likeness (QED) is 0.867. The van der Waals surface area contributed by atoms with Crippen molar-refractivity contribution in [2.24, 2.45) is 0 Å². The van der Waals surface area contributed by atoms with Crippen LogP contribution in [0.1, 0.15) is 35.6 Å². The Morgan fingerprint density at radius 3 is 2.90 bits per heavy atom. The number of hydrogen-bond acceptors (Lipinski definition) is 4. The van der Waals surface area contributed by atoms with E-state index in [0.717, 1.165) is 25.2 Å². The van der Waals surface area contributed by atoms with Crippen molar-refractivity contribution in [2.75, 3.05) is 26.9 Å². The molecule has 2 unspecified atom stereocenters. The Balaban J connectivity index is 2.12. The van der Waals surface area contributed by atoms with Crippen molar-refractivity contribution in [2.45, 2.75) is 38.8 Å². The summed E-state index contributed by atoms with van der Waals surface area (Å²) in [4.78, 5) is 0. The Kier molecular flexibility index (Phi) is 5.40. The number of fused-ring (bicyclic) bond motifs is 1. The molecular weight excluding hydrogens is 254 g/mol. The molecule has 112 valence electrons. The minimum absolute atomic E-state index is 0.235. The van der Waals surface area contributed by atoms with Gasteiger partial charge in [-0.1, -0.05) is 6.07 Å². The Morgan fingerprint density at radius 1 is 1.40 bits per heavy atom. The van der Waals surface area contributed by atoms with E-state index in [1.165, 1.54) is 16.7 Å². The third-order valence-electron chi connectivity index (χ3n) is 3.86. The Bertz CT molecular complexity index is 448. The van der Waals surface area contributed by atoms with Crippen LogP contribution in [0.4, 0.5) is 0 Å². The zero-order valence-corrected chi connectivity index (χ0v) is 12.6. The van der Waals surface area contributed by atoms with E-state index < -0.39 is 6.10 Å². The van der Waals surface area contributed by atoms with Gasteiger partial charge in [-0.25, -0.2) is 0 Å². The molecule has 1 aliphatic heterocycles. The van der Waals surface area contributed by atoms with Gasteiger partial charge in [-0.15, -0.1) is 0 Å². The lowest BCUT2D eigenvalue weighted by molar-refractivity contribution is 0.0625. The molecule has 0 aromatic heterocycles. The monoisotopic (exact) mass is 279 g/mol. The molecule has 0 radical (unpaired) electrons. The van der Waals surface area contributed by atoms with Gasteiger partial charge in [-0.3, -0.25) is 0 Å². The molecule has 1 aromatic carbocycles. The smallest absolute Gasteiger partial charge is 0.124 e. The molecular formula is C16H25NO3. The zero-order valence-electron chi connectivity index (χ0n) is 12.6. The Hall–Kier alpha value is -1.10. The van der Waals surface area contributed by atoms with Crippen molar-refractivity contribution in [1.29, 1.82) is 0 Å². The van der Waals surface area contributed by atoms with Crippen LogP contribution in [0.2, 0.25) is 0 Å². The fourth-order valence-corrected chi connectivity index (χ4v) is 2.58. The summed E-state index contributed by atoms with van der Waals surface area (Å²) in [6.45, 7) is 5.88. The number of methoxy groups -OCH3 is 1. The molecule has 2 atom stereocenters. The predicted octanol–water partition coefficient (Wildman–Crippen LogP) is 2.11. The van der Waals surface area contributed by atoms with Crippen LogP contribution in [0.5, 0.6) is 5.75 Å². The van der Waals surface area contributed by atoms with Crippen LogP contribution in [0, 0.1) is 13.8 Å². The normalized spacial score (nSPS) is 19.9. The molecule has 4 nitrogen and oxygen atoms in total. The summed E-state index contributed by atoms with van der Waals surface area (Å²) in [7, 11) is 1.60. The lowest BCUT2D eigenvalue weighted by Crippen LogP contribution is -2.32. The summed E-state index contributed by atoms with van der Waals surface area (Å²) >= 11 is 0. The van der Waals surface area contributed by atoms with Gasteiger partial charge in [0.1, 0.15) is 5.75 Å². The predicted molar refractivity (Wildman–Crippen MR) is 79.3 cm³/mol. The summed E-state index contributed by atoms with van der Waals surface area (Å²) < 4.78 is 10.8. The number of aliphatic hydroxyl groups is 1. The molecule has 2 N–H and O–H groups in total. The highest BCUT2D eigenvalue weighted by molar-refractivity contribution is 5.44. The average Bonchev–Trinajstić information content (AvgIpc) is 2.60. The molecule has 20 heavy (non-hydrogen) atoms. The second kappa shape index (κ2) is 7.07. The summed E-state index contributed by atoms with van der Waals surface area (Å²) in [5, 5.41) is 13.2. The van der Waals surface area contributed by atoms with E-state index in [2.05, 4.69) is 31.3 Å². The van der Waals surface area contributed by atoms with Gasteiger partial charge in [-0.05, 0) is 43.9 Å².